The molecule has 0 fully saturated rings. The van der Waals surface area contributed by atoms with Gasteiger partial charge in [0.1, 0.15) is 16.5 Å². The highest BCUT2D eigenvalue weighted by molar-refractivity contribution is 7.99. The molecule has 18 heavy (non-hydrogen) atoms. The van der Waals surface area contributed by atoms with E-state index in [0.717, 1.165) is 21.4 Å². The van der Waals surface area contributed by atoms with Gasteiger partial charge in [-0.2, -0.15) is 0 Å². The second-order valence-electron chi connectivity index (χ2n) is 3.55. The maximum Gasteiger partial charge on any atom is 0.136 e. The Hall–Kier alpha value is -1.88. The highest BCUT2D eigenvalue weighted by atomic mass is 32.2. The Kier molecular flexibility index (Phi) is 3.94. The van der Waals surface area contributed by atoms with Crippen LogP contribution >= 0.6 is 11.8 Å². The van der Waals surface area contributed by atoms with E-state index < -0.39 is 0 Å². The van der Waals surface area contributed by atoms with Gasteiger partial charge >= 0.3 is 0 Å². The number of hydrogen-bond donors (Lipinski definition) is 1. The minimum Gasteiger partial charge on any atom is -0.497 e. The Bertz CT molecular complexity index is 529. The van der Waals surface area contributed by atoms with Crippen LogP contribution in [0.4, 0.5) is 5.69 Å². The number of nitrogen functional groups attached to an aromatic ring is 1. The Labute approximate surface area is 110 Å². The van der Waals surface area contributed by atoms with Crippen LogP contribution in [-0.4, -0.2) is 19.2 Å². The lowest BCUT2D eigenvalue weighted by atomic mass is 10.3. The summed E-state index contributed by atoms with van der Waals surface area (Å²) in [4.78, 5) is 5.22. The smallest absolute Gasteiger partial charge is 0.136 e. The van der Waals surface area contributed by atoms with E-state index in [1.165, 1.54) is 11.8 Å². The average molecular weight is 262 g/mol. The molecule has 5 heteroatoms. The predicted octanol–water partition coefficient (Wildman–Crippen LogP) is 2.83. The molecule has 2 rings (SSSR count). The Morgan fingerprint density at radius 1 is 1.11 bits per heavy atom. The van der Waals surface area contributed by atoms with E-state index in [0.29, 0.717) is 5.69 Å². The molecule has 0 radical (unpaired) electrons. The molecule has 0 atom stereocenters. The molecule has 94 valence electrons. The van der Waals surface area contributed by atoms with Gasteiger partial charge in [0.15, 0.2) is 0 Å². The molecule has 0 aliphatic heterocycles. The van der Waals surface area contributed by atoms with Gasteiger partial charge in [-0.05, 0) is 24.3 Å². The Morgan fingerprint density at radius 3 is 2.56 bits per heavy atom. The quantitative estimate of drug-likeness (QED) is 0.918. The van der Waals surface area contributed by atoms with Crippen molar-refractivity contribution in [2.75, 3.05) is 20.0 Å². The molecule has 0 spiro atoms. The van der Waals surface area contributed by atoms with Crippen LogP contribution < -0.4 is 15.2 Å². The third-order valence-corrected chi connectivity index (χ3v) is 3.35. The second kappa shape index (κ2) is 5.64. The number of benzene rings is 1. The lowest BCUT2D eigenvalue weighted by Crippen LogP contribution is -1.90. The molecule has 0 aliphatic rings. The van der Waals surface area contributed by atoms with Crippen molar-refractivity contribution in [3.63, 3.8) is 0 Å². The molecule has 4 nitrogen and oxygen atoms in total. The largest absolute Gasteiger partial charge is 0.497 e. The summed E-state index contributed by atoms with van der Waals surface area (Å²) in [6.07, 6.45) is 1.64. The number of ether oxygens (including phenoxy) is 2. The fourth-order valence-electron chi connectivity index (χ4n) is 1.42. The summed E-state index contributed by atoms with van der Waals surface area (Å²) in [6.45, 7) is 0. The summed E-state index contributed by atoms with van der Waals surface area (Å²) in [5.74, 6) is 1.53. The van der Waals surface area contributed by atoms with E-state index in [2.05, 4.69) is 4.98 Å². The lowest BCUT2D eigenvalue weighted by Gasteiger charge is -2.09. The van der Waals surface area contributed by atoms with Gasteiger partial charge in [-0.3, -0.25) is 0 Å². The maximum absolute atomic E-state index is 5.60. The fraction of sp³-hybridized carbons (Fsp3) is 0.154. The topological polar surface area (TPSA) is 57.4 Å². The molecular weight excluding hydrogens is 248 g/mol. The van der Waals surface area contributed by atoms with E-state index in [1.54, 1.807) is 20.4 Å². The number of methoxy groups -OCH3 is 2. The van der Waals surface area contributed by atoms with E-state index in [4.69, 9.17) is 15.2 Å². The number of hydrogen-bond acceptors (Lipinski definition) is 5. The van der Waals surface area contributed by atoms with Gasteiger partial charge < -0.3 is 15.2 Å². The van der Waals surface area contributed by atoms with Crippen LogP contribution in [0, 0.1) is 0 Å². The van der Waals surface area contributed by atoms with Crippen molar-refractivity contribution in [3.8, 4) is 11.5 Å². The minimum absolute atomic E-state index is 0.654. The van der Waals surface area contributed by atoms with Crippen molar-refractivity contribution in [2.24, 2.45) is 0 Å². The number of anilines is 1. The molecule has 0 aliphatic carbocycles. The van der Waals surface area contributed by atoms with Crippen LogP contribution in [0.1, 0.15) is 0 Å². The molecule has 2 N–H and O–H groups in total. The monoisotopic (exact) mass is 262 g/mol. The first-order valence-corrected chi connectivity index (χ1v) is 6.16. The van der Waals surface area contributed by atoms with Crippen LogP contribution in [0.15, 0.2) is 46.5 Å². The summed E-state index contributed by atoms with van der Waals surface area (Å²) in [5, 5.41) is 0.868. The molecular formula is C13H14N2O2S. The number of nitrogens with zero attached hydrogens (tertiary/aromatic N) is 1. The fourth-order valence-corrected chi connectivity index (χ4v) is 2.27. The van der Waals surface area contributed by atoms with E-state index in [-0.39, 0.29) is 0 Å². The van der Waals surface area contributed by atoms with E-state index >= 15 is 0 Å². The van der Waals surface area contributed by atoms with Gasteiger partial charge in [-0.15, -0.1) is 0 Å². The summed E-state index contributed by atoms with van der Waals surface area (Å²) < 4.78 is 10.5. The summed E-state index contributed by atoms with van der Waals surface area (Å²) >= 11 is 1.52. The number of rotatable bonds is 4. The molecule has 0 saturated heterocycles. The van der Waals surface area contributed by atoms with Crippen LogP contribution in [0.5, 0.6) is 11.5 Å². The summed E-state index contributed by atoms with van der Waals surface area (Å²) in [6, 6.07) is 9.39. The first kappa shape index (κ1) is 12.6. The molecule has 2 aromatic rings. The van der Waals surface area contributed by atoms with Crippen molar-refractivity contribution in [1.82, 2.24) is 4.98 Å². The van der Waals surface area contributed by atoms with Crippen LogP contribution in [0.2, 0.25) is 0 Å². The highest BCUT2D eigenvalue weighted by Crippen LogP contribution is 2.36. The van der Waals surface area contributed by atoms with Gasteiger partial charge in [0.25, 0.3) is 0 Å². The number of aromatic nitrogens is 1. The maximum atomic E-state index is 5.60. The third-order valence-electron chi connectivity index (χ3n) is 2.34. The highest BCUT2D eigenvalue weighted by Gasteiger charge is 2.07. The molecule has 0 amide bonds. The normalized spacial score (nSPS) is 10.1. The van der Waals surface area contributed by atoms with E-state index in [1.807, 2.05) is 30.3 Å². The first-order valence-electron chi connectivity index (χ1n) is 5.34. The van der Waals surface area contributed by atoms with Crippen molar-refractivity contribution in [1.29, 1.82) is 0 Å². The molecule has 1 aromatic heterocycles. The van der Waals surface area contributed by atoms with Gasteiger partial charge in [-0.25, -0.2) is 4.98 Å². The standard InChI is InChI=1S/C13H14N2O2S/c1-16-10-4-5-12(11(7-10)17-2)18-13-6-3-9(14)8-15-13/h3-8H,14H2,1-2H3. The van der Waals surface area contributed by atoms with Crippen molar-refractivity contribution in [2.45, 2.75) is 9.92 Å². The van der Waals surface area contributed by atoms with Crippen molar-refractivity contribution < 1.29 is 9.47 Å². The van der Waals surface area contributed by atoms with Gasteiger partial charge in [0, 0.05) is 6.07 Å². The molecule has 0 bridgehead atoms. The van der Waals surface area contributed by atoms with Gasteiger partial charge in [0.2, 0.25) is 0 Å². The predicted molar refractivity (Wildman–Crippen MR) is 72.3 cm³/mol. The van der Waals surface area contributed by atoms with Gasteiger partial charge in [0.05, 0.1) is 31.0 Å². The summed E-state index contributed by atoms with van der Waals surface area (Å²) in [7, 11) is 3.26. The van der Waals surface area contributed by atoms with Crippen LogP contribution in [-0.2, 0) is 0 Å². The zero-order chi connectivity index (χ0) is 13.0. The molecule has 1 aromatic carbocycles. The van der Waals surface area contributed by atoms with Crippen LogP contribution in [0.25, 0.3) is 0 Å². The lowest BCUT2D eigenvalue weighted by molar-refractivity contribution is 0.387. The Balaban J connectivity index is 2.25. The second-order valence-corrected chi connectivity index (χ2v) is 4.61. The first-order chi connectivity index (χ1) is 8.72. The van der Waals surface area contributed by atoms with E-state index in [9.17, 15) is 0 Å². The van der Waals surface area contributed by atoms with Crippen molar-refractivity contribution >= 4 is 17.4 Å². The van der Waals surface area contributed by atoms with Crippen molar-refractivity contribution in [3.05, 3.63) is 36.5 Å². The average Bonchev–Trinajstić information content (AvgIpc) is 2.41. The number of nitrogens with two attached hydrogens (primary N) is 1. The summed E-state index contributed by atoms with van der Waals surface area (Å²) in [5.41, 5.74) is 6.25. The molecule has 0 saturated carbocycles. The molecule has 1 heterocycles. The SMILES string of the molecule is COc1ccc(Sc2ccc(N)cn2)c(OC)c1. The Morgan fingerprint density at radius 2 is 1.94 bits per heavy atom. The minimum atomic E-state index is 0.654. The third kappa shape index (κ3) is 2.87. The zero-order valence-corrected chi connectivity index (χ0v) is 11.0. The van der Waals surface area contributed by atoms with Gasteiger partial charge in [-0.1, -0.05) is 11.8 Å². The zero-order valence-electron chi connectivity index (χ0n) is 10.2. The number of pyridine rings is 1. The molecule has 0 unspecified atom stereocenters. The van der Waals surface area contributed by atoms with Crippen LogP contribution in [0.3, 0.4) is 0 Å².